The van der Waals surface area contributed by atoms with Crippen LogP contribution in [-0.4, -0.2) is 0 Å². The molecule has 12 heavy (non-hydrogen) atoms. The number of benzene rings is 1. The predicted molar refractivity (Wildman–Crippen MR) is 48.0 cm³/mol. The summed E-state index contributed by atoms with van der Waals surface area (Å²) in [6.45, 7) is 1.71. The Balaban J connectivity index is 3.52. The number of hydrogen-bond donors (Lipinski definition) is 1. The molecule has 0 spiro atoms. The van der Waals surface area contributed by atoms with Gasteiger partial charge in [0.25, 0.3) is 0 Å². The minimum absolute atomic E-state index is 0.0477. The molecule has 2 N–H and O–H groups in total. The first kappa shape index (κ1) is 9.01. The fourth-order valence-corrected chi connectivity index (χ4v) is 1.26. The van der Waals surface area contributed by atoms with Gasteiger partial charge in [0.2, 0.25) is 0 Å². The summed E-state index contributed by atoms with van der Waals surface area (Å²) in [5.74, 6) is -0.566. The van der Waals surface area contributed by atoms with Gasteiger partial charge in [-0.25, -0.2) is 4.39 Å². The van der Waals surface area contributed by atoms with Crippen molar-refractivity contribution in [1.82, 2.24) is 0 Å². The monoisotopic (exact) mass is 228 g/mol. The second-order valence-corrected chi connectivity index (χ2v) is 3.16. The van der Waals surface area contributed by atoms with E-state index in [2.05, 4.69) is 15.9 Å². The zero-order chi connectivity index (χ0) is 9.30. The van der Waals surface area contributed by atoms with Crippen LogP contribution in [0.2, 0.25) is 0 Å². The third-order valence-electron chi connectivity index (χ3n) is 1.62. The van der Waals surface area contributed by atoms with Crippen LogP contribution >= 0.6 is 15.9 Å². The van der Waals surface area contributed by atoms with Gasteiger partial charge in [-0.1, -0.05) is 0 Å². The second kappa shape index (κ2) is 3.11. The van der Waals surface area contributed by atoms with Gasteiger partial charge in [0.05, 0.1) is 17.3 Å². The highest BCUT2D eigenvalue weighted by Gasteiger charge is 2.10. The lowest BCUT2D eigenvalue weighted by Crippen LogP contribution is -1.96. The van der Waals surface area contributed by atoms with E-state index in [9.17, 15) is 4.39 Å². The number of nitrogens with two attached hydrogens (primary N) is 1. The number of nitrogen functional groups attached to an aromatic ring is 1. The molecule has 0 atom stereocenters. The van der Waals surface area contributed by atoms with E-state index in [1.807, 2.05) is 6.07 Å². The first-order valence-electron chi connectivity index (χ1n) is 3.22. The number of nitrogens with zero attached hydrogens (tertiary/aromatic N) is 1. The van der Waals surface area contributed by atoms with E-state index in [0.717, 1.165) is 6.07 Å². The standard InChI is InChI=1S/C8H6BrFN2/c1-4-5(3-11)2-6(10)8(12)7(4)9/h2H,12H2,1H3. The fraction of sp³-hybridized carbons (Fsp3) is 0.125. The van der Waals surface area contributed by atoms with Gasteiger partial charge in [0.15, 0.2) is 0 Å². The summed E-state index contributed by atoms with van der Waals surface area (Å²) in [4.78, 5) is 0. The molecule has 1 aromatic rings. The van der Waals surface area contributed by atoms with Crippen molar-refractivity contribution in [3.05, 3.63) is 27.5 Å². The Labute approximate surface area is 77.9 Å². The Kier molecular flexibility index (Phi) is 2.34. The third kappa shape index (κ3) is 1.28. The first-order valence-corrected chi connectivity index (χ1v) is 4.01. The van der Waals surface area contributed by atoms with Crippen LogP contribution in [0.25, 0.3) is 0 Å². The molecular weight excluding hydrogens is 223 g/mol. The summed E-state index contributed by atoms with van der Waals surface area (Å²) in [5, 5.41) is 8.58. The van der Waals surface area contributed by atoms with Crippen LogP contribution in [0.5, 0.6) is 0 Å². The maximum Gasteiger partial charge on any atom is 0.148 e. The molecule has 0 saturated carbocycles. The molecule has 0 unspecified atom stereocenters. The third-order valence-corrected chi connectivity index (χ3v) is 2.64. The van der Waals surface area contributed by atoms with Crippen LogP contribution in [0.1, 0.15) is 11.1 Å². The van der Waals surface area contributed by atoms with Gasteiger partial charge in [-0.3, -0.25) is 0 Å². The highest BCUT2D eigenvalue weighted by Crippen LogP contribution is 2.28. The Morgan fingerprint density at radius 3 is 2.75 bits per heavy atom. The second-order valence-electron chi connectivity index (χ2n) is 2.37. The topological polar surface area (TPSA) is 49.8 Å². The van der Waals surface area contributed by atoms with E-state index in [4.69, 9.17) is 11.0 Å². The highest BCUT2D eigenvalue weighted by atomic mass is 79.9. The Morgan fingerprint density at radius 2 is 2.25 bits per heavy atom. The number of rotatable bonds is 0. The highest BCUT2D eigenvalue weighted by molar-refractivity contribution is 9.10. The number of anilines is 1. The minimum Gasteiger partial charge on any atom is -0.395 e. The quantitative estimate of drug-likeness (QED) is 0.694. The Morgan fingerprint density at radius 1 is 1.67 bits per heavy atom. The van der Waals surface area contributed by atoms with E-state index in [-0.39, 0.29) is 5.69 Å². The van der Waals surface area contributed by atoms with Gasteiger partial charge in [0, 0.05) is 4.47 Å². The lowest BCUT2D eigenvalue weighted by Gasteiger charge is -2.04. The summed E-state index contributed by atoms with van der Waals surface area (Å²) in [5.41, 5.74) is 6.39. The van der Waals surface area contributed by atoms with Crippen molar-refractivity contribution in [2.75, 3.05) is 5.73 Å². The molecule has 0 radical (unpaired) electrons. The van der Waals surface area contributed by atoms with Crippen molar-refractivity contribution in [2.45, 2.75) is 6.92 Å². The molecule has 0 heterocycles. The summed E-state index contributed by atoms with van der Waals surface area (Å²) in [6.07, 6.45) is 0. The minimum atomic E-state index is -0.566. The van der Waals surface area contributed by atoms with Crippen molar-refractivity contribution >= 4 is 21.6 Å². The number of halogens is 2. The van der Waals surface area contributed by atoms with Crippen molar-refractivity contribution in [3.8, 4) is 6.07 Å². The van der Waals surface area contributed by atoms with Crippen LogP contribution in [0.3, 0.4) is 0 Å². The Hall–Kier alpha value is -1.08. The molecule has 2 nitrogen and oxygen atoms in total. The van der Waals surface area contributed by atoms with E-state index >= 15 is 0 Å². The van der Waals surface area contributed by atoms with Gasteiger partial charge in [-0.15, -0.1) is 0 Å². The van der Waals surface area contributed by atoms with Gasteiger partial charge in [-0.05, 0) is 34.5 Å². The zero-order valence-corrected chi connectivity index (χ0v) is 7.94. The summed E-state index contributed by atoms with van der Waals surface area (Å²) < 4.78 is 13.4. The SMILES string of the molecule is Cc1c(C#N)cc(F)c(N)c1Br. The van der Waals surface area contributed by atoms with Crippen molar-refractivity contribution in [3.63, 3.8) is 0 Å². The summed E-state index contributed by atoms with van der Waals surface area (Å²) in [7, 11) is 0. The van der Waals surface area contributed by atoms with Crippen molar-refractivity contribution < 1.29 is 4.39 Å². The fourth-order valence-electron chi connectivity index (χ4n) is 0.854. The molecule has 62 valence electrons. The maximum atomic E-state index is 12.9. The molecular formula is C8H6BrFN2. The lowest BCUT2D eigenvalue weighted by molar-refractivity contribution is 0.631. The maximum absolute atomic E-state index is 12.9. The molecule has 0 aliphatic heterocycles. The number of nitriles is 1. The predicted octanol–water partition coefficient (Wildman–Crippen LogP) is 2.35. The molecule has 0 aliphatic rings. The van der Waals surface area contributed by atoms with E-state index in [0.29, 0.717) is 15.6 Å². The lowest BCUT2D eigenvalue weighted by atomic mass is 10.1. The molecule has 4 heteroatoms. The van der Waals surface area contributed by atoms with E-state index in [1.54, 1.807) is 6.92 Å². The van der Waals surface area contributed by atoms with Gasteiger partial charge >= 0.3 is 0 Å². The molecule has 1 rings (SSSR count). The largest absolute Gasteiger partial charge is 0.395 e. The van der Waals surface area contributed by atoms with Crippen molar-refractivity contribution in [1.29, 1.82) is 5.26 Å². The molecule has 0 aliphatic carbocycles. The molecule has 1 aromatic carbocycles. The van der Waals surface area contributed by atoms with Crippen LogP contribution in [0, 0.1) is 24.1 Å². The molecule has 0 bridgehead atoms. The van der Waals surface area contributed by atoms with Crippen LogP contribution in [-0.2, 0) is 0 Å². The summed E-state index contributed by atoms with van der Waals surface area (Å²) in [6, 6.07) is 3.01. The smallest absolute Gasteiger partial charge is 0.148 e. The van der Waals surface area contributed by atoms with Crippen LogP contribution < -0.4 is 5.73 Å². The Bertz CT molecular complexity index is 368. The summed E-state index contributed by atoms with van der Waals surface area (Å²) >= 11 is 3.11. The average Bonchev–Trinajstić information content (AvgIpc) is 2.08. The molecule has 0 aromatic heterocycles. The van der Waals surface area contributed by atoms with Crippen molar-refractivity contribution in [2.24, 2.45) is 0 Å². The molecule has 0 amide bonds. The molecule has 0 saturated heterocycles. The first-order chi connectivity index (χ1) is 5.57. The van der Waals surface area contributed by atoms with Crippen LogP contribution in [0.4, 0.5) is 10.1 Å². The van der Waals surface area contributed by atoms with E-state index < -0.39 is 5.82 Å². The number of hydrogen-bond acceptors (Lipinski definition) is 2. The molecule has 0 fully saturated rings. The average molecular weight is 229 g/mol. The van der Waals surface area contributed by atoms with Crippen LogP contribution in [0.15, 0.2) is 10.5 Å². The van der Waals surface area contributed by atoms with Gasteiger partial charge in [0.1, 0.15) is 5.82 Å². The normalized spacial score (nSPS) is 9.50. The van der Waals surface area contributed by atoms with Gasteiger partial charge in [-0.2, -0.15) is 5.26 Å². The van der Waals surface area contributed by atoms with E-state index in [1.165, 1.54) is 0 Å². The van der Waals surface area contributed by atoms with Gasteiger partial charge < -0.3 is 5.73 Å². The zero-order valence-electron chi connectivity index (χ0n) is 6.36.